The largest absolute Gasteiger partial charge is 0.463 e. The maximum absolute atomic E-state index is 12.0. The van der Waals surface area contributed by atoms with Gasteiger partial charge in [0.05, 0.1) is 0 Å². The second-order valence-electron chi connectivity index (χ2n) is 8.88. The van der Waals surface area contributed by atoms with E-state index in [0.29, 0.717) is 18.2 Å². The Kier molecular flexibility index (Phi) is 10.2. The van der Waals surface area contributed by atoms with Gasteiger partial charge in [0.15, 0.2) is 29.7 Å². The number of piperazine rings is 1. The fraction of sp³-hybridized carbons (Fsp3) is 0.560. The fourth-order valence-electron chi connectivity index (χ4n) is 4.36. The van der Waals surface area contributed by atoms with Gasteiger partial charge >= 0.3 is 23.9 Å². The van der Waals surface area contributed by atoms with Crippen LogP contribution in [-0.4, -0.2) is 97.3 Å². The van der Waals surface area contributed by atoms with E-state index < -0.39 is 54.5 Å². The van der Waals surface area contributed by atoms with Crippen molar-refractivity contribution in [2.75, 3.05) is 37.7 Å². The van der Waals surface area contributed by atoms with Crippen molar-refractivity contribution in [3.05, 3.63) is 30.3 Å². The average molecular weight is 552 g/mol. The van der Waals surface area contributed by atoms with E-state index in [9.17, 15) is 19.2 Å². The number of nitrogens with zero attached hydrogens (tertiary/aromatic N) is 2. The smallest absolute Gasteiger partial charge is 0.303 e. The van der Waals surface area contributed by atoms with Crippen molar-refractivity contribution in [1.82, 2.24) is 10.2 Å². The van der Waals surface area contributed by atoms with E-state index in [1.165, 1.54) is 27.7 Å². The van der Waals surface area contributed by atoms with Crippen molar-refractivity contribution < 1.29 is 42.9 Å². The van der Waals surface area contributed by atoms with E-state index in [0.717, 1.165) is 18.8 Å². The highest BCUT2D eigenvalue weighted by molar-refractivity contribution is 7.80. The van der Waals surface area contributed by atoms with Gasteiger partial charge in [-0.2, -0.15) is 0 Å². The van der Waals surface area contributed by atoms with Crippen LogP contribution in [-0.2, 0) is 42.9 Å². The van der Waals surface area contributed by atoms with Crippen molar-refractivity contribution in [3.63, 3.8) is 0 Å². The maximum atomic E-state index is 12.0. The van der Waals surface area contributed by atoms with Crippen LogP contribution in [0.1, 0.15) is 27.7 Å². The molecule has 13 heteroatoms. The molecule has 0 amide bonds. The SMILES string of the molecule is CC(=O)OC[C@@H]1O[C@@H](NC(=S)N2CCN(c3ccccc3)CC2)[C@@H](OC(C)=O)[C@@H](OC(C)=O)[C@@H]1OC(C)=O. The van der Waals surface area contributed by atoms with Gasteiger partial charge in [0, 0.05) is 59.6 Å². The molecule has 0 saturated carbocycles. The Bertz CT molecular complexity index is 1020. The van der Waals surface area contributed by atoms with Gasteiger partial charge < -0.3 is 38.8 Å². The number of rotatable bonds is 7. The van der Waals surface area contributed by atoms with Gasteiger partial charge in [-0.25, -0.2) is 0 Å². The molecule has 0 radical (unpaired) electrons. The van der Waals surface area contributed by atoms with E-state index in [-0.39, 0.29) is 6.61 Å². The topological polar surface area (TPSA) is 133 Å². The molecule has 2 aliphatic rings. The Labute approximate surface area is 226 Å². The molecule has 0 bridgehead atoms. The first kappa shape index (κ1) is 29.1. The van der Waals surface area contributed by atoms with Crippen LogP contribution in [0, 0.1) is 0 Å². The highest BCUT2D eigenvalue weighted by Gasteiger charge is 2.52. The lowest BCUT2D eigenvalue weighted by molar-refractivity contribution is -0.255. The molecule has 1 N–H and O–H groups in total. The summed E-state index contributed by atoms with van der Waals surface area (Å²) in [6.45, 7) is 7.13. The molecule has 12 nitrogen and oxygen atoms in total. The van der Waals surface area contributed by atoms with Crippen molar-refractivity contribution in [3.8, 4) is 0 Å². The predicted molar refractivity (Wildman–Crippen MR) is 138 cm³/mol. The van der Waals surface area contributed by atoms with Gasteiger partial charge in [-0.1, -0.05) is 18.2 Å². The highest BCUT2D eigenvalue weighted by Crippen LogP contribution is 2.28. The van der Waals surface area contributed by atoms with Crippen LogP contribution >= 0.6 is 12.2 Å². The molecule has 208 valence electrons. The molecule has 2 saturated heterocycles. The molecular formula is C25H33N3O9S. The lowest BCUT2D eigenvalue weighted by Crippen LogP contribution is -2.67. The molecule has 0 aromatic heterocycles. The minimum atomic E-state index is -1.26. The number of carbonyl (C=O) groups is 4. The average Bonchev–Trinajstić information content (AvgIpc) is 2.86. The lowest BCUT2D eigenvalue weighted by Gasteiger charge is -2.45. The number of nitrogens with one attached hydrogen (secondary N) is 1. The number of para-hydroxylation sites is 1. The van der Waals surface area contributed by atoms with Crippen molar-refractivity contribution in [2.24, 2.45) is 0 Å². The van der Waals surface area contributed by atoms with E-state index in [4.69, 9.17) is 35.9 Å². The highest BCUT2D eigenvalue weighted by atomic mass is 32.1. The number of ether oxygens (including phenoxy) is 5. The summed E-state index contributed by atoms with van der Waals surface area (Å²) in [5.41, 5.74) is 1.12. The predicted octanol–water partition coefficient (Wildman–Crippen LogP) is 0.766. The minimum Gasteiger partial charge on any atom is -0.463 e. The first-order chi connectivity index (χ1) is 18.0. The number of carbonyl (C=O) groups excluding carboxylic acids is 4. The second-order valence-corrected chi connectivity index (χ2v) is 9.27. The summed E-state index contributed by atoms with van der Waals surface area (Å²) in [6.07, 6.45) is -5.85. The van der Waals surface area contributed by atoms with Gasteiger partial charge in [-0.3, -0.25) is 19.2 Å². The summed E-state index contributed by atoms with van der Waals surface area (Å²) >= 11 is 5.64. The molecule has 1 aromatic rings. The molecule has 3 rings (SSSR count). The Balaban J connectivity index is 1.79. The standard InChI is InChI=1S/C25H33N3O9S/c1-15(29)33-14-20-21(34-16(2)30)22(35-17(3)31)23(36-18(4)32)24(37-20)26-25(38)28-12-10-27(11-13-28)19-8-6-5-7-9-19/h5-9,20-24H,10-14H2,1-4H3,(H,26,38)/t20-,21+,22-,23-,24+/m0/s1. The Hall–Kier alpha value is -3.45. The van der Waals surface area contributed by atoms with E-state index in [2.05, 4.69) is 10.2 Å². The summed E-state index contributed by atoms with van der Waals surface area (Å²) in [7, 11) is 0. The molecule has 38 heavy (non-hydrogen) atoms. The van der Waals surface area contributed by atoms with Gasteiger partial charge in [0.2, 0.25) is 0 Å². The van der Waals surface area contributed by atoms with Crippen LogP contribution in [0.15, 0.2) is 30.3 Å². The van der Waals surface area contributed by atoms with E-state index in [1.807, 2.05) is 35.2 Å². The quantitative estimate of drug-likeness (QED) is 0.291. The Morgan fingerprint density at radius 2 is 1.39 bits per heavy atom. The zero-order valence-corrected chi connectivity index (χ0v) is 22.6. The first-order valence-electron chi connectivity index (χ1n) is 12.2. The third-order valence-electron chi connectivity index (χ3n) is 5.94. The van der Waals surface area contributed by atoms with Crippen molar-refractivity contribution in [2.45, 2.75) is 58.3 Å². The van der Waals surface area contributed by atoms with Crippen molar-refractivity contribution >= 4 is 46.9 Å². The lowest BCUT2D eigenvalue weighted by atomic mass is 9.97. The molecule has 2 fully saturated rings. The molecule has 2 heterocycles. The van der Waals surface area contributed by atoms with Crippen molar-refractivity contribution in [1.29, 1.82) is 0 Å². The van der Waals surface area contributed by atoms with Gasteiger partial charge in [-0.05, 0) is 24.4 Å². The van der Waals surface area contributed by atoms with E-state index in [1.54, 1.807) is 0 Å². The normalized spacial score (nSPS) is 25.1. The summed E-state index contributed by atoms with van der Waals surface area (Å²) < 4.78 is 27.5. The third kappa shape index (κ3) is 8.02. The molecule has 2 aliphatic heterocycles. The summed E-state index contributed by atoms with van der Waals surface area (Å²) in [5, 5.41) is 3.39. The summed E-state index contributed by atoms with van der Waals surface area (Å²) in [4.78, 5) is 51.5. The fourth-order valence-corrected chi connectivity index (χ4v) is 4.66. The number of anilines is 1. The van der Waals surface area contributed by atoms with E-state index >= 15 is 0 Å². The van der Waals surface area contributed by atoms with Crippen LogP contribution in [0.4, 0.5) is 5.69 Å². The number of hydrogen-bond acceptors (Lipinski definition) is 11. The number of benzene rings is 1. The number of hydrogen-bond donors (Lipinski definition) is 1. The summed E-state index contributed by atoms with van der Waals surface area (Å²) in [5.74, 6) is -2.65. The molecular weight excluding hydrogens is 518 g/mol. The molecule has 5 atom stereocenters. The van der Waals surface area contributed by atoms with Crippen LogP contribution in [0.5, 0.6) is 0 Å². The zero-order valence-electron chi connectivity index (χ0n) is 21.8. The zero-order chi connectivity index (χ0) is 27.8. The molecule has 0 spiro atoms. The Morgan fingerprint density at radius 1 is 0.842 bits per heavy atom. The number of esters is 4. The minimum absolute atomic E-state index is 0.307. The number of thiocarbonyl (C=S) groups is 1. The van der Waals surface area contributed by atoms with Crippen LogP contribution < -0.4 is 10.2 Å². The molecule has 0 aliphatic carbocycles. The first-order valence-corrected chi connectivity index (χ1v) is 12.6. The van der Waals surface area contributed by atoms with Gasteiger partial charge in [0.1, 0.15) is 12.7 Å². The van der Waals surface area contributed by atoms with Gasteiger partial charge in [0.25, 0.3) is 0 Å². The third-order valence-corrected chi connectivity index (χ3v) is 6.32. The molecule has 0 unspecified atom stereocenters. The summed E-state index contributed by atoms with van der Waals surface area (Å²) in [6, 6.07) is 10.0. The van der Waals surface area contributed by atoms with Crippen LogP contribution in [0.2, 0.25) is 0 Å². The Morgan fingerprint density at radius 3 is 1.95 bits per heavy atom. The maximum Gasteiger partial charge on any atom is 0.303 e. The monoisotopic (exact) mass is 551 g/mol. The molecule has 1 aromatic carbocycles. The van der Waals surface area contributed by atoms with Crippen LogP contribution in [0.3, 0.4) is 0 Å². The van der Waals surface area contributed by atoms with Crippen LogP contribution in [0.25, 0.3) is 0 Å². The van der Waals surface area contributed by atoms with Gasteiger partial charge in [-0.15, -0.1) is 0 Å². The second kappa shape index (κ2) is 13.4.